The van der Waals surface area contributed by atoms with Crippen molar-refractivity contribution < 1.29 is 9.53 Å². The fraction of sp³-hybridized carbons (Fsp3) is 0.304. The standard InChI is InChI=1S/C23H26N2O2/c1-2-27-22(26)15-18-8-10-19-9-7-17(13-21(19)14-18)4-3-16-5-11-20(12-6-16)23(24)25/h3-7,9,11-13,18H,2,8,10,14-15H2,1H3,(H3,24,25)/b4-3+. The molecule has 0 spiro atoms. The number of carbonyl (C=O) groups excluding carboxylic acids is 1. The van der Waals surface area contributed by atoms with Crippen molar-refractivity contribution in [2.75, 3.05) is 6.61 Å². The fourth-order valence-electron chi connectivity index (χ4n) is 3.55. The second-order valence-electron chi connectivity index (χ2n) is 7.02. The van der Waals surface area contributed by atoms with Crippen LogP contribution in [0.3, 0.4) is 0 Å². The molecule has 0 fully saturated rings. The van der Waals surface area contributed by atoms with Gasteiger partial charge >= 0.3 is 5.97 Å². The summed E-state index contributed by atoms with van der Waals surface area (Å²) >= 11 is 0. The maximum atomic E-state index is 11.8. The molecule has 1 aliphatic carbocycles. The minimum Gasteiger partial charge on any atom is -0.466 e. The molecule has 2 aromatic carbocycles. The molecule has 1 atom stereocenters. The van der Waals surface area contributed by atoms with Gasteiger partial charge in [0.05, 0.1) is 6.61 Å². The van der Waals surface area contributed by atoms with Gasteiger partial charge in [0.25, 0.3) is 0 Å². The van der Waals surface area contributed by atoms with E-state index in [1.165, 1.54) is 11.1 Å². The van der Waals surface area contributed by atoms with Gasteiger partial charge in [-0.15, -0.1) is 0 Å². The van der Waals surface area contributed by atoms with E-state index in [-0.39, 0.29) is 11.8 Å². The van der Waals surface area contributed by atoms with Gasteiger partial charge < -0.3 is 10.5 Å². The van der Waals surface area contributed by atoms with Gasteiger partial charge in [-0.05, 0) is 54.4 Å². The van der Waals surface area contributed by atoms with Crippen LogP contribution in [-0.2, 0) is 22.4 Å². The minimum atomic E-state index is -0.0870. The zero-order valence-corrected chi connectivity index (χ0v) is 15.7. The van der Waals surface area contributed by atoms with Crippen LogP contribution < -0.4 is 5.73 Å². The molecule has 3 N–H and O–H groups in total. The van der Waals surface area contributed by atoms with E-state index in [9.17, 15) is 4.79 Å². The Morgan fingerprint density at radius 2 is 1.85 bits per heavy atom. The molecular weight excluding hydrogens is 336 g/mol. The van der Waals surface area contributed by atoms with Crippen molar-refractivity contribution >= 4 is 24.0 Å². The zero-order chi connectivity index (χ0) is 19.2. The van der Waals surface area contributed by atoms with E-state index < -0.39 is 0 Å². The third kappa shape index (κ3) is 5.07. The van der Waals surface area contributed by atoms with Gasteiger partial charge in [0.1, 0.15) is 5.84 Å². The highest BCUT2D eigenvalue weighted by molar-refractivity contribution is 5.95. The number of rotatable bonds is 6. The van der Waals surface area contributed by atoms with Gasteiger partial charge in [0.2, 0.25) is 0 Å². The lowest BCUT2D eigenvalue weighted by Crippen LogP contribution is -2.19. The smallest absolute Gasteiger partial charge is 0.306 e. The maximum Gasteiger partial charge on any atom is 0.306 e. The molecule has 0 amide bonds. The number of nitrogen functional groups attached to an aromatic ring is 1. The number of hydrogen-bond donors (Lipinski definition) is 2. The van der Waals surface area contributed by atoms with Crippen molar-refractivity contribution in [3.05, 3.63) is 70.3 Å². The second kappa shape index (κ2) is 8.67. The molecule has 140 valence electrons. The highest BCUT2D eigenvalue weighted by atomic mass is 16.5. The van der Waals surface area contributed by atoms with E-state index in [2.05, 4.69) is 30.4 Å². The summed E-state index contributed by atoms with van der Waals surface area (Å²) in [7, 11) is 0. The molecule has 1 unspecified atom stereocenters. The van der Waals surface area contributed by atoms with Gasteiger partial charge in [-0.2, -0.15) is 0 Å². The SMILES string of the molecule is CCOC(=O)CC1CCc2ccc(/C=C/c3ccc(C(=N)N)cc3)cc2C1. The van der Waals surface area contributed by atoms with Gasteiger partial charge in [0.15, 0.2) is 0 Å². The van der Waals surface area contributed by atoms with Crippen LogP contribution in [0.5, 0.6) is 0 Å². The molecule has 0 saturated carbocycles. The number of carbonyl (C=O) groups is 1. The topological polar surface area (TPSA) is 76.2 Å². The average Bonchev–Trinajstić information content (AvgIpc) is 2.66. The molecule has 0 aliphatic heterocycles. The van der Waals surface area contributed by atoms with Crippen molar-refractivity contribution in [2.45, 2.75) is 32.6 Å². The van der Waals surface area contributed by atoms with Gasteiger partial charge in [0, 0.05) is 12.0 Å². The molecule has 3 rings (SSSR count). The lowest BCUT2D eigenvalue weighted by Gasteiger charge is -2.24. The fourth-order valence-corrected chi connectivity index (χ4v) is 3.55. The van der Waals surface area contributed by atoms with E-state index in [4.69, 9.17) is 15.9 Å². The lowest BCUT2D eigenvalue weighted by molar-refractivity contribution is -0.144. The maximum absolute atomic E-state index is 11.8. The molecule has 27 heavy (non-hydrogen) atoms. The lowest BCUT2D eigenvalue weighted by atomic mass is 9.81. The Morgan fingerprint density at radius 1 is 1.15 bits per heavy atom. The molecule has 0 aromatic heterocycles. The van der Waals surface area contributed by atoms with E-state index in [1.807, 2.05) is 31.2 Å². The molecular formula is C23H26N2O2. The number of esters is 1. The number of nitrogens with two attached hydrogens (primary N) is 1. The summed E-state index contributed by atoms with van der Waals surface area (Å²) in [5.41, 5.74) is 11.2. The Kier molecular flexibility index (Phi) is 6.07. The number of amidine groups is 1. The predicted molar refractivity (Wildman–Crippen MR) is 110 cm³/mol. The number of fused-ring (bicyclic) bond motifs is 1. The first-order chi connectivity index (χ1) is 13.0. The third-order valence-electron chi connectivity index (χ3n) is 5.01. The summed E-state index contributed by atoms with van der Waals surface area (Å²) in [5.74, 6) is 0.364. The van der Waals surface area contributed by atoms with Gasteiger partial charge in [-0.1, -0.05) is 54.6 Å². The van der Waals surface area contributed by atoms with Crippen LogP contribution in [0.1, 0.15) is 47.6 Å². The van der Waals surface area contributed by atoms with Gasteiger partial charge in [-0.25, -0.2) is 0 Å². The minimum absolute atomic E-state index is 0.0811. The van der Waals surface area contributed by atoms with Crippen molar-refractivity contribution in [2.24, 2.45) is 11.7 Å². The monoisotopic (exact) mass is 362 g/mol. The van der Waals surface area contributed by atoms with E-state index in [0.717, 1.165) is 36.0 Å². The number of benzene rings is 2. The second-order valence-corrected chi connectivity index (χ2v) is 7.02. The molecule has 0 radical (unpaired) electrons. The van der Waals surface area contributed by atoms with E-state index in [1.54, 1.807) is 0 Å². The summed E-state index contributed by atoms with van der Waals surface area (Å²) in [6.07, 6.45) is 7.67. The van der Waals surface area contributed by atoms with Crippen LogP contribution in [0.25, 0.3) is 12.2 Å². The Balaban J connectivity index is 1.68. The first-order valence-corrected chi connectivity index (χ1v) is 9.45. The van der Waals surface area contributed by atoms with E-state index in [0.29, 0.717) is 18.9 Å². The van der Waals surface area contributed by atoms with Crippen molar-refractivity contribution in [3.63, 3.8) is 0 Å². The largest absolute Gasteiger partial charge is 0.466 e. The molecule has 4 heteroatoms. The molecule has 0 bridgehead atoms. The highest BCUT2D eigenvalue weighted by Crippen LogP contribution is 2.29. The molecule has 1 aliphatic rings. The Bertz CT molecular complexity index is 853. The average molecular weight is 362 g/mol. The number of hydrogen-bond acceptors (Lipinski definition) is 3. The van der Waals surface area contributed by atoms with Crippen molar-refractivity contribution in [1.29, 1.82) is 5.41 Å². The molecule has 4 nitrogen and oxygen atoms in total. The van der Waals surface area contributed by atoms with Gasteiger partial charge in [-0.3, -0.25) is 10.2 Å². The van der Waals surface area contributed by atoms with Crippen molar-refractivity contribution in [3.8, 4) is 0 Å². The summed E-state index contributed by atoms with van der Waals surface area (Å²) in [5, 5.41) is 7.44. The number of aryl methyl sites for hydroxylation is 1. The summed E-state index contributed by atoms with van der Waals surface area (Å²) in [6, 6.07) is 14.2. The first-order valence-electron chi connectivity index (χ1n) is 9.45. The van der Waals surface area contributed by atoms with Crippen LogP contribution in [-0.4, -0.2) is 18.4 Å². The van der Waals surface area contributed by atoms with Crippen LogP contribution in [0.2, 0.25) is 0 Å². The Hall–Kier alpha value is -2.88. The Morgan fingerprint density at radius 3 is 2.56 bits per heavy atom. The summed E-state index contributed by atoms with van der Waals surface area (Å²) < 4.78 is 5.10. The van der Waals surface area contributed by atoms with E-state index >= 15 is 0 Å². The van der Waals surface area contributed by atoms with Crippen LogP contribution >= 0.6 is 0 Å². The number of ether oxygens (including phenoxy) is 1. The zero-order valence-electron chi connectivity index (χ0n) is 15.7. The molecule has 0 saturated heterocycles. The quantitative estimate of drug-likeness (QED) is 0.350. The Labute approximate surface area is 160 Å². The highest BCUT2D eigenvalue weighted by Gasteiger charge is 2.21. The summed E-state index contributed by atoms with van der Waals surface area (Å²) in [6.45, 7) is 2.30. The van der Waals surface area contributed by atoms with Crippen LogP contribution in [0.4, 0.5) is 0 Å². The van der Waals surface area contributed by atoms with Crippen LogP contribution in [0.15, 0.2) is 42.5 Å². The molecule has 2 aromatic rings. The predicted octanol–water partition coefficient (Wildman–Crippen LogP) is 4.20. The van der Waals surface area contributed by atoms with Crippen molar-refractivity contribution in [1.82, 2.24) is 0 Å². The third-order valence-corrected chi connectivity index (χ3v) is 5.01. The normalized spacial score (nSPS) is 16.1. The first kappa shape index (κ1) is 18.9. The summed E-state index contributed by atoms with van der Waals surface area (Å²) in [4.78, 5) is 11.8. The van der Waals surface area contributed by atoms with Crippen LogP contribution in [0, 0.1) is 11.3 Å². The number of nitrogens with one attached hydrogen (secondary N) is 1. The molecule has 0 heterocycles.